The van der Waals surface area contributed by atoms with Crippen LogP contribution in [-0.4, -0.2) is 70.1 Å². The van der Waals surface area contributed by atoms with Crippen molar-refractivity contribution in [2.75, 3.05) is 46.8 Å². The molecule has 0 aromatic heterocycles. The summed E-state index contributed by atoms with van der Waals surface area (Å²) in [5, 5.41) is 8.35. The van der Waals surface area contributed by atoms with E-state index >= 15 is 0 Å². The number of hydrogen-bond donors (Lipinski definition) is 1. The van der Waals surface area contributed by atoms with Crippen molar-refractivity contribution in [2.45, 2.75) is 18.7 Å². The van der Waals surface area contributed by atoms with Gasteiger partial charge in [-0.3, -0.25) is 4.79 Å². The molecule has 0 aromatic rings. The Kier molecular flexibility index (Phi) is 10.3. The summed E-state index contributed by atoms with van der Waals surface area (Å²) < 4.78 is 56.3. The van der Waals surface area contributed by atoms with Crippen molar-refractivity contribution < 1.29 is 42.0 Å². The average molecular weight is 304 g/mol. The zero-order valence-corrected chi connectivity index (χ0v) is 11.1. The van der Waals surface area contributed by atoms with Crippen LogP contribution < -0.4 is 0 Å². The Morgan fingerprint density at radius 1 is 1.05 bits per heavy atom. The van der Waals surface area contributed by atoms with Gasteiger partial charge in [-0.25, -0.2) is 0 Å². The number of hydrogen-bond acceptors (Lipinski definition) is 5. The number of rotatable bonds is 12. The van der Waals surface area contributed by atoms with Crippen LogP contribution in [0.25, 0.3) is 0 Å². The fourth-order valence-electron chi connectivity index (χ4n) is 1.14. The first kappa shape index (κ1) is 19.1. The van der Waals surface area contributed by atoms with Crippen molar-refractivity contribution in [2.24, 2.45) is 0 Å². The predicted molar refractivity (Wildman–Crippen MR) is 61.6 cm³/mol. The number of carbonyl (C=O) groups is 1. The monoisotopic (exact) mass is 304 g/mol. The van der Waals surface area contributed by atoms with Crippen LogP contribution in [0.5, 0.6) is 0 Å². The van der Waals surface area contributed by atoms with Gasteiger partial charge in [0, 0.05) is 7.11 Å². The molecule has 0 rings (SSSR count). The van der Waals surface area contributed by atoms with E-state index in [-0.39, 0.29) is 19.8 Å². The molecule has 0 bridgehead atoms. The second kappa shape index (κ2) is 10.8. The number of halogens is 3. The molecule has 0 amide bonds. The van der Waals surface area contributed by atoms with Gasteiger partial charge in [-0.05, 0) is 0 Å². The third kappa shape index (κ3) is 11.0. The Morgan fingerprint density at radius 2 is 1.55 bits per heavy atom. The van der Waals surface area contributed by atoms with Gasteiger partial charge in [0.1, 0.15) is 0 Å². The molecule has 0 aromatic carbocycles. The molecule has 20 heavy (non-hydrogen) atoms. The van der Waals surface area contributed by atoms with Crippen LogP contribution >= 0.6 is 0 Å². The number of alkyl halides is 3. The second-order valence-electron chi connectivity index (χ2n) is 3.72. The van der Waals surface area contributed by atoms with Gasteiger partial charge in [0.15, 0.2) is 6.10 Å². The maximum atomic E-state index is 12.4. The average Bonchev–Trinajstić information content (AvgIpc) is 2.33. The molecule has 0 saturated carbocycles. The summed E-state index contributed by atoms with van der Waals surface area (Å²) >= 11 is 0. The summed E-state index contributed by atoms with van der Waals surface area (Å²) in [4.78, 5) is 10.3. The highest BCUT2D eigenvalue weighted by Gasteiger charge is 2.41. The Hall–Kier alpha value is -0.900. The topological polar surface area (TPSA) is 74.2 Å². The highest BCUT2D eigenvalue weighted by Crippen LogP contribution is 2.25. The molecule has 0 aliphatic carbocycles. The number of carboxylic acids is 1. The molecule has 0 spiro atoms. The lowest BCUT2D eigenvalue weighted by Crippen LogP contribution is -2.34. The van der Waals surface area contributed by atoms with Crippen molar-refractivity contribution >= 4 is 5.97 Å². The van der Waals surface area contributed by atoms with Crippen molar-refractivity contribution in [1.29, 1.82) is 0 Å². The van der Waals surface area contributed by atoms with E-state index in [1.165, 1.54) is 7.11 Å². The minimum atomic E-state index is -4.71. The SMILES string of the molecule is COCCOCCOCCOC(CC(=O)O)C(F)(F)F. The summed E-state index contributed by atoms with van der Waals surface area (Å²) in [5.41, 5.74) is 0. The van der Waals surface area contributed by atoms with E-state index in [0.29, 0.717) is 19.8 Å². The molecular formula is C11H19F3O6. The fourth-order valence-corrected chi connectivity index (χ4v) is 1.14. The molecule has 0 heterocycles. The van der Waals surface area contributed by atoms with Crippen LogP contribution in [0.15, 0.2) is 0 Å². The van der Waals surface area contributed by atoms with E-state index in [9.17, 15) is 18.0 Å². The molecule has 1 N–H and O–H groups in total. The Balaban J connectivity index is 3.62. The van der Waals surface area contributed by atoms with Crippen LogP contribution in [-0.2, 0) is 23.7 Å². The van der Waals surface area contributed by atoms with Gasteiger partial charge in [-0.2, -0.15) is 13.2 Å². The van der Waals surface area contributed by atoms with Crippen molar-refractivity contribution in [3.8, 4) is 0 Å². The zero-order valence-electron chi connectivity index (χ0n) is 11.1. The first-order valence-corrected chi connectivity index (χ1v) is 5.92. The summed E-state index contributed by atoms with van der Waals surface area (Å²) in [6.07, 6.45) is -8.15. The maximum Gasteiger partial charge on any atom is 0.415 e. The van der Waals surface area contributed by atoms with E-state index in [1.807, 2.05) is 0 Å². The van der Waals surface area contributed by atoms with E-state index in [1.54, 1.807) is 0 Å². The van der Waals surface area contributed by atoms with Crippen molar-refractivity contribution in [3.05, 3.63) is 0 Å². The fraction of sp³-hybridized carbons (Fsp3) is 0.909. The van der Waals surface area contributed by atoms with Crippen LogP contribution in [0.1, 0.15) is 6.42 Å². The third-order valence-electron chi connectivity index (χ3n) is 2.08. The molecule has 1 atom stereocenters. The summed E-state index contributed by atoms with van der Waals surface area (Å²) in [7, 11) is 1.53. The molecule has 0 saturated heterocycles. The lowest BCUT2D eigenvalue weighted by atomic mass is 10.2. The second-order valence-corrected chi connectivity index (χ2v) is 3.72. The van der Waals surface area contributed by atoms with Crippen LogP contribution in [0, 0.1) is 0 Å². The Bertz CT molecular complexity index is 259. The quantitative estimate of drug-likeness (QED) is 0.544. The summed E-state index contributed by atoms with van der Waals surface area (Å²) in [5.74, 6) is -1.57. The Morgan fingerprint density at radius 3 is 2.00 bits per heavy atom. The van der Waals surface area contributed by atoms with Gasteiger partial charge in [0.05, 0.1) is 46.1 Å². The smallest absolute Gasteiger partial charge is 0.415 e. The van der Waals surface area contributed by atoms with E-state index in [2.05, 4.69) is 4.74 Å². The minimum Gasteiger partial charge on any atom is -0.481 e. The zero-order chi connectivity index (χ0) is 15.4. The molecule has 9 heteroatoms. The van der Waals surface area contributed by atoms with Crippen molar-refractivity contribution in [1.82, 2.24) is 0 Å². The molecule has 0 radical (unpaired) electrons. The standard InChI is InChI=1S/C11H19F3O6/c1-17-2-3-18-4-5-19-6-7-20-9(8-10(15)16)11(12,13)14/h9H,2-8H2,1H3,(H,15,16). The summed E-state index contributed by atoms with van der Waals surface area (Å²) in [6.45, 7) is 0.954. The van der Waals surface area contributed by atoms with Gasteiger partial charge in [0.2, 0.25) is 0 Å². The minimum absolute atomic E-state index is 0.0696. The van der Waals surface area contributed by atoms with Gasteiger partial charge in [0.25, 0.3) is 0 Å². The number of methoxy groups -OCH3 is 1. The van der Waals surface area contributed by atoms with Crippen molar-refractivity contribution in [3.63, 3.8) is 0 Å². The van der Waals surface area contributed by atoms with E-state index in [0.717, 1.165) is 0 Å². The lowest BCUT2D eigenvalue weighted by molar-refractivity contribution is -0.226. The first-order chi connectivity index (χ1) is 9.38. The van der Waals surface area contributed by atoms with E-state index < -0.39 is 24.7 Å². The Labute approximate surface area is 114 Å². The molecular weight excluding hydrogens is 285 g/mol. The third-order valence-corrected chi connectivity index (χ3v) is 2.08. The molecule has 6 nitrogen and oxygen atoms in total. The van der Waals surface area contributed by atoms with Gasteiger partial charge < -0.3 is 24.1 Å². The van der Waals surface area contributed by atoms with Crippen LogP contribution in [0.2, 0.25) is 0 Å². The van der Waals surface area contributed by atoms with Crippen LogP contribution in [0.3, 0.4) is 0 Å². The molecule has 0 fully saturated rings. The first-order valence-electron chi connectivity index (χ1n) is 5.92. The molecule has 0 aliphatic rings. The number of aliphatic carboxylic acids is 1. The molecule has 0 aliphatic heterocycles. The molecule has 120 valence electrons. The predicted octanol–water partition coefficient (Wildman–Crippen LogP) is 1.09. The van der Waals surface area contributed by atoms with Gasteiger partial charge >= 0.3 is 12.1 Å². The maximum absolute atomic E-state index is 12.4. The van der Waals surface area contributed by atoms with Gasteiger partial charge in [-0.1, -0.05) is 0 Å². The molecule has 1 unspecified atom stereocenters. The van der Waals surface area contributed by atoms with Gasteiger partial charge in [-0.15, -0.1) is 0 Å². The normalized spacial score (nSPS) is 13.4. The lowest BCUT2D eigenvalue weighted by Gasteiger charge is -2.19. The number of ether oxygens (including phenoxy) is 4. The highest BCUT2D eigenvalue weighted by atomic mass is 19.4. The largest absolute Gasteiger partial charge is 0.481 e. The number of carboxylic acid groups (broad SMARTS) is 1. The highest BCUT2D eigenvalue weighted by molar-refractivity contribution is 5.67. The van der Waals surface area contributed by atoms with E-state index in [4.69, 9.17) is 19.3 Å². The summed E-state index contributed by atoms with van der Waals surface area (Å²) in [6, 6.07) is 0. The van der Waals surface area contributed by atoms with Crippen LogP contribution in [0.4, 0.5) is 13.2 Å².